The summed E-state index contributed by atoms with van der Waals surface area (Å²) in [6, 6.07) is 0. The zero-order valence-electron chi connectivity index (χ0n) is 18.9. The van der Waals surface area contributed by atoms with Crippen LogP contribution in [0.25, 0.3) is 0 Å². The van der Waals surface area contributed by atoms with E-state index in [4.69, 9.17) is 5.11 Å². The summed E-state index contributed by atoms with van der Waals surface area (Å²) < 4.78 is 0. The number of rotatable bonds is 16. The van der Waals surface area contributed by atoms with Crippen LogP contribution in [0.1, 0.15) is 144 Å². The van der Waals surface area contributed by atoms with Gasteiger partial charge in [-0.05, 0) is 11.8 Å². The first-order chi connectivity index (χ1) is 12.3. The predicted molar refractivity (Wildman–Crippen MR) is 117 cm³/mol. The van der Waals surface area contributed by atoms with E-state index in [1.54, 1.807) is 0 Å². The van der Waals surface area contributed by atoms with E-state index < -0.39 is 5.97 Å². The fraction of sp³-hybridized carbons (Fsp3) is 0.958. The molecule has 0 aliphatic rings. The van der Waals surface area contributed by atoms with Crippen molar-refractivity contribution in [2.24, 2.45) is 5.41 Å². The van der Waals surface area contributed by atoms with Gasteiger partial charge in [0.25, 0.3) is 0 Å². The summed E-state index contributed by atoms with van der Waals surface area (Å²) in [4.78, 5) is 10.3. The van der Waals surface area contributed by atoms with Crippen molar-refractivity contribution in [2.75, 3.05) is 0 Å². The van der Waals surface area contributed by atoms with Crippen molar-refractivity contribution >= 4 is 5.97 Å². The van der Waals surface area contributed by atoms with E-state index in [0.717, 1.165) is 12.8 Å². The molecule has 2 nitrogen and oxygen atoms in total. The molecular formula is C24H50O2. The number of carboxylic acids is 1. The van der Waals surface area contributed by atoms with Gasteiger partial charge in [-0.25, -0.2) is 0 Å². The van der Waals surface area contributed by atoms with Gasteiger partial charge < -0.3 is 5.11 Å². The van der Waals surface area contributed by atoms with Gasteiger partial charge in [0, 0.05) is 6.42 Å². The number of hydrogen-bond donors (Lipinski definition) is 1. The zero-order chi connectivity index (χ0) is 20.1. The number of carboxylic acid groups (broad SMARTS) is 1. The molecule has 0 heterocycles. The summed E-state index contributed by atoms with van der Waals surface area (Å²) >= 11 is 0. The second-order valence-corrected chi connectivity index (χ2v) is 9.01. The van der Waals surface area contributed by atoms with Crippen LogP contribution in [0.3, 0.4) is 0 Å². The van der Waals surface area contributed by atoms with Crippen LogP contribution in [0.5, 0.6) is 0 Å². The summed E-state index contributed by atoms with van der Waals surface area (Å²) in [5.41, 5.74) is 0.542. The van der Waals surface area contributed by atoms with E-state index in [2.05, 4.69) is 34.6 Å². The van der Waals surface area contributed by atoms with Gasteiger partial charge in [-0.3, -0.25) is 4.79 Å². The Labute approximate surface area is 165 Å². The molecule has 26 heavy (non-hydrogen) atoms. The summed E-state index contributed by atoms with van der Waals surface area (Å²) in [5, 5.41) is 8.52. The zero-order valence-corrected chi connectivity index (χ0v) is 18.9. The molecule has 0 aromatic rings. The van der Waals surface area contributed by atoms with Crippen LogP contribution in [0, 0.1) is 5.41 Å². The van der Waals surface area contributed by atoms with Crippen LogP contribution in [-0.2, 0) is 4.79 Å². The highest BCUT2D eigenvalue weighted by atomic mass is 16.4. The molecule has 0 rings (SSSR count). The molecule has 0 aliphatic carbocycles. The normalized spacial score (nSPS) is 11.1. The lowest BCUT2D eigenvalue weighted by Crippen LogP contribution is -2.00. The summed E-state index contributed by atoms with van der Waals surface area (Å²) in [6.07, 6.45) is 21.5. The van der Waals surface area contributed by atoms with Crippen LogP contribution < -0.4 is 0 Å². The number of carbonyl (C=O) groups is 1. The van der Waals surface area contributed by atoms with Crippen molar-refractivity contribution in [1.82, 2.24) is 0 Å². The maximum atomic E-state index is 10.3. The van der Waals surface area contributed by atoms with Crippen LogP contribution >= 0.6 is 0 Å². The molecular weight excluding hydrogens is 320 g/mol. The van der Waals surface area contributed by atoms with Crippen LogP contribution in [-0.4, -0.2) is 11.1 Å². The van der Waals surface area contributed by atoms with E-state index in [9.17, 15) is 4.79 Å². The molecule has 2 heteroatoms. The molecule has 0 saturated heterocycles. The maximum Gasteiger partial charge on any atom is 0.303 e. The summed E-state index contributed by atoms with van der Waals surface area (Å²) in [6.45, 7) is 11.2. The predicted octanol–water partition coefficient (Wildman–Crippen LogP) is 8.78. The van der Waals surface area contributed by atoms with Gasteiger partial charge >= 0.3 is 5.97 Å². The highest BCUT2D eigenvalue weighted by molar-refractivity contribution is 5.66. The molecule has 0 amide bonds. The lowest BCUT2D eigenvalue weighted by atomic mass is 9.94. The first-order valence-corrected chi connectivity index (χ1v) is 11.5. The van der Waals surface area contributed by atoms with E-state index in [1.807, 2.05) is 0 Å². The molecule has 0 atom stereocenters. The molecule has 0 unspecified atom stereocenters. The molecule has 1 N–H and O–H groups in total. The molecule has 0 bridgehead atoms. The van der Waals surface area contributed by atoms with Crippen molar-refractivity contribution in [2.45, 2.75) is 144 Å². The molecule has 0 aromatic carbocycles. The van der Waals surface area contributed by atoms with Gasteiger partial charge in [-0.2, -0.15) is 0 Å². The third-order valence-electron chi connectivity index (χ3n) is 5.05. The summed E-state index contributed by atoms with van der Waals surface area (Å²) in [7, 11) is 0. The molecule has 158 valence electrons. The molecule has 0 aliphatic heterocycles. The Kier molecular flexibility index (Phi) is 22.1. The van der Waals surface area contributed by atoms with E-state index in [0.29, 0.717) is 11.8 Å². The average Bonchev–Trinajstić information content (AvgIpc) is 2.58. The Morgan fingerprint density at radius 3 is 1.12 bits per heavy atom. The standard InChI is InChI=1S/C18H36O2.C6H14/c1-2-3-4-5-6-7-8-9-10-11-12-13-14-15-16-17-18(19)20;1-5-6(2,3)4/h2-17H2,1H3,(H,19,20);5H2,1-4H3. The monoisotopic (exact) mass is 370 g/mol. The van der Waals surface area contributed by atoms with Crippen molar-refractivity contribution in [3.8, 4) is 0 Å². The Morgan fingerprint density at radius 2 is 0.885 bits per heavy atom. The van der Waals surface area contributed by atoms with Crippen molar-refractivity contribution in [3.63, 3.8) is 0 Å². The minimum Gasteiger partial charge on any atom is -0.481 e. The lowest BCUT2D eigenvalue weighted by molar-refractivity contribution is -0.137. The van der Waals surface area contributed by atoms with E-state index in [1.165, 1.54) is 89.9 Å². The minimum atomic E-state index is -0.653. The van der Waals surface area contributed by atoms with Gasteiger partial charge in [-0.15, -0.1) is 0 Å². The topological polar surface area (TPSA) is 37.3 Å². The molecule has 0 aromatic heterocycles. The van der Waals surface area contributed by atoms with Crippen LogP contribution in [0.2, 0.25) is 0 Å². The number of unbranched alkanes of at least 4 members (excludes halogenated alkanes) is 14. The van der Waals surface area contributed by atoms with E-state index >= 15 is 0 Å². The second kappa shape index (κ2) is 20.8. The maximum absolute atomic E-state index is 10.3. The third-order valence-corrected chi connectivity index (χ3v) is 5.05. The number of aliphatic carboxylic acids is 1. The van der Waals surface area contributed by atoms with Gasteiger partial charge in [0.2, 0.25) is 0 Å². The fourth-order valence-corrected chi connectivity index (χ4v) is 2.65. The average molecular weight is 371 g/mol. The fourth-order valence-electron chi connectivity index (χ4n) is 2.65. The first-order valence-electron chi connectivity index (χ1n) is 11.5. The highest BCUT2D eigenvalue weighted by Gasteiger charge is 2.03. The van der Waals surface area contributed by atoms with Gasteiger partial charge in [0.15, 0.2) is 0 Å². The Hall–Kier alpha value is -0.530. The smallest absolute Gasteiger partial charge is 0.303 e. The largest absolute Gasteiger partial charge is 0.481 e. The molecule has 0 radical (unpaired) electrons. The molecule has 0 fully saturated rings. The second-order valence-electron chi connectivity index (χ2n) is 9.01. The van der Waals surface area contributed by atoms with Crippen molar-refractivity contribution in [1.29, 1.82) is 0 Å². The van der Waals surface area contributed by atoms with Gasteiger partial charge in [0.05, 0.1) is 0 Å². The van der Waals surface area contributed by atoms with Gasteiger partial charge in [-0.1, -0.05) is 131 Å². The third kappa shape index (κ3) is 31.3. The quantitative estimate of drug-likeness (QED) is 0.276. The number of hydrogen-bond acceptors (Lipinski definition) is 1. The molecule has 0 saturated carbocycles. The Bertz CT molecular complexity index is 278. The van der Waals surface area contributed by atoms with Gasteiger partial charge in [0.1, 0.15) is 0 Å². The van der Waals surface area contributed by atoms with Crippen LogP contribution in [0.15, 0.2) is 0 Å². The van der Waals surface area contributed by atoms with Crippen LogP contribution in [0.4, 0.5) is 0 Å². The van der Waals surface area contributed by atoms with Crippen molar-refractivity contribution < 1.29 is 9.90 Å². The first kappa shape index (κ1) is 27.7. The highest BCUT2D eigenvalue weighted by Crippen LogP contribution is 2.16. The Morgan fingerprint density at radius 1 is 0.615 bits per heavy atom. The SMILES string of the molecule is CCC(C)(C)C.CCCCCCCCCCCCCCCCCC(=O)O. The molecule has 0 spiro atoms. The van der Waals surface area contributed by atoms with Crippen molar-refractivity contribution in [3.05, 3.63) is 0 Å². The summed E-state index contributed by atoms with van der Waals surface area (Å²) in [5.74, 6) is -0.653. The van der Waals surface area contributed by atoms with E-state index in [-0.39, 0.29) is 0 Å². The lowest BCUT2D eigenvalue weighted by Gasteiger charge is -2.12. The Balaban J connectivity index is 0. The minimum absolute atomic E-state index is 0.345.